The lowest BCUT2D eigenvalue weighted by Gasteiger charge is -2.38. The minimum atomic E-state index is 0.0498. The van der Waals surface area contributed by atoms with Crippen LogP contribution in [0.2, 0.25) is 0 Å². The van der Waals surface area contributed by atoms with Gasteiger partial charge >= 0.3 is 0 Å². The molecule has 2 rings (SSSR count). The van der Waals surface area contributed by atoms with E-state index in [1.807, 2.05) is 12.1 Å². The van der Waals surface area contributed by atoms with Crippen molar-refractivity contribution in [2.24, 2.45) is 23.7 Å². The van der Waals surface area contributed by atoms with Crippen LogP contribution < -0.4 is 10.1 Å². The molecule has 0 spiro atoms. The highest BCUT2D eigenvalue weighted by molar-refractivity contribution is 5.79. The highest BCUT2D eigenvalue weighted by Gasteiger charge is 2.32. The van der Waals surface area contributed by atoms with E-state index in [9.17, 15) is 4.79 Å². The minimum Gasteiger partial charge on any atom is -0.492 e. The molecule has 1 N–H and O–H groups in total. The Morgan fingerprint density at radius 1 is 1.32 bits per heavy atom. The van der Waals surface area contributed by atoms with E-state index in [1.165, 1.54) is 0 Å². The van der Waals surface area contributed by atoms with Gasteiger partial charge in [0, 0.05) is 38.3 Å². The van der Waals surface area contributed by atoms with Crippen molar-refractivity contribution in [1.82, 2.24) is 15.2 Å². The molecule has 5 heteroatoms. The maximum absolute atomic E-state index is 12.6. The number of nitrogens with one attached hydrogen (secondary N) is 1. The lowest BCUT2D eigenvalue weighted by Crippen LogP contribution is -2.49. The monoisotopic (exact) mass is 347 g/mol. The summed E-state index contributed by atoms with van der Waals surface area (Å²) in [5, 5.41) is 3.10. The first kappa shape index (κ1) is 19.7. The highest BCUT2D eigenvalue weighted by Crippen LogP contribution is 2.24. The molecule has 1 amide bonds. The summed E-state index contributed by atoms with van der Waals surface area (Å²) in [7, 11) is 0. The van der Waals surface area contributed by atoms with Crippen molar-refractivity contribution < 1.29 is 9.53 Å². The van der Waals surface area contributed by atoms with Gasteiger partial charge in [-0.15, -0.1) is 0 Å². The lowest BCUT2D eigenvalue weighted by molar-refractivity contribution is -0.128. The van der Waals surface area contributed by atoms with E-state index in [1.54, 1.807) is 12.4 Å². The molecule has 2 heterocycles. The number of rotatable bonds is 8. The van der Waals surface area contributed by atoms with Gasteiger partial charge in [0.05, 0.1) is 18.7 Å². The molecule has 0 aromatic carbocycles. The van der Waals surface area contributed by atoms with Crippen molar-refractivity contribution >= 4 is 5.91 Å². The molecule has 1 aromatic heterocycles. The quantitative estimate of drug-likeness (QED) is 0.786. The lowest BCUT2D eigenvalue weighted by atomic mass is 9.88. The Bertz CT molecular complexity index is 519. The summed E-state index contributed by atoms with van der Waals surface area (Å²) in [6, 6.07) is 3.80. The van der Waals surface area contributed by atoms with E-state index in [0.29, 0.717) is 24.4 Å². The summed E-state index contributed by atoms with van der Waals surface area (Å²) >= 11 is 0. The molecule has 0 radical (unpaired) electrons. The fraction of sp³-hybridized carbons (Fsp3) is 0.700. The Morgan fingerprint density at radius 2 is 2.12 bits per heavy atom. The molecule has 1 aromatic rings. The molecule has 0 bridgehead atoms. The summed E-state index contributed by atoms with van der Waals surface area (Å²) in [5.41, 5.74) is 0. The molecule has 0 unspecified atom stereocenters. The van der Waals surface area contributed by atoms with Gasteiger partial charge in [0.1, 0.15) is 5.75 Å². The van der Waals surface area contributed by atoms with Crippen LogP contribution in [-0.4, -0.2) is 48.6 Å². The minimum absolute atomic E-state index is 0.0498. The molecule has 2 atom stereocenters. The van der Waals surface area contributed by atoms with Crippen molar-refractivity contribution in [3.63, 3.8) is 0 Å². The van der Waals surface area contributed by atoms with E-state index in [0.717, 1.165) is 38.3 Å². The number of ether oxygens (including phenoxy) is 1. The molecule has 0 aliphatic carbocycles. The van der Waals surface area contributed by atoms with E-state index >= 15 is 0 Å². The molecular weight excluding hydrogens is 314 g/mol. The van der Waals surface area contributed by atoms with Crippen LogP contribution in [0.4, 0.5) is 0 Å². The molecule has 1 fully saturated rings. The Morgan fingerprint density at radius 3 is 2.76 bits per heavy atom. The summed E-state index contributed by atoms with van der Waals surface area (Å²) in [6.45, 7) is 12.9. The van der Waals surface area contributed by atoms with Crippen molar-refractivity contribution in [2.75, 3.05) is 32.8 Å². The molecular formula is C20H33N3O2. The van der Waals surface area contributed by atoms with Crippen molar-refractivity contribution in [3.05, 3.63) is 24.5 Å². The zero-order chi connectivity index (χ0) is 18.2. The smallest absolute Gasteiger partial charge is 0.224 e. The summed E-state index contributed by atoms with van der Waals surface area (Å²) in [4.78, 5) is 19.1. The van der Waals surface area contributed by atoms with E-state index in [2.05, 4.69) is 42.9 Å². The number of nitrogens with zero attached hydrogens (tertiary/aromatic N) is 2. The van der Waals surface area contributed by atoms with Gasteiger partial charge in [0.15, 0.2) is 0 Å². The standard InChI is InChI=1S/C20H33N3O2/c1-15(2)9-22-20(24)18-8-17(12-23(13-18)11-16(3)4)14-25-19-6-5-7-21-10-19/h5-7,10,15-18H,8-9,11-14H2,1-4H3,(H,22,24)/t17-,18+/m0/s1. The number of amides is 1. The van der Waals surface area contributed by atoms with Crippen LogP contribution >= 0.6 is 0 Å². The second-order valence-corrected chi connectivity index (χ2v) is 8.05. The summed E-state index contributed by atoms with van der Waals surface area (Å²) < 4.78 is 5.90. The Balaban J connectivity index is 1.94. The first-order valence-corrected chi connectivity index (χ1v) is 9.47. The fourth-order valence-electron chi connectivity index (χ4n) is 3.37. The molecule has 1 aliphatic heterocycles. The van der Waals surface area contributed by atoms with Crippen LogP contribution in [0.15, 0.2) is 24.5 Å². The third-order valence-electron chi connectivity index (χ3n) is 4.41. The SMILES string of the molecule is CC(C)CNC(=O)[C@@H]1C[C@H](COc2cccnc2)CN(CC(C)C)C1. The van der Waals surface area contributed by atoms with Gasteiger partial charge in [-0.2, -0.15) is 0 Å². The molecule has 1 aliphatic rings. The zero-order valence-corrected chi connectivity index (χ0v) is 16.1. The van der Waals surface area contributed by atoms with Crippen molar-refractivity contribution in [3.8, 4) is 5.75 Å². The number of aromatic nitrogens is 1. The average Bonchev–Trinajstić information content (AvgIpc) is 2.58. The van der Waals surface area contributed by atoms with E-state index < -0.39 is 0 Å². The first-order valence-electron chi connectivity index (χ1n) is 9.47. The fourth-order valence-corrected chi connectivity index (χ4v) is 3.37. The first-order chi connectivity index (χ1) is 11.9. The van der Waals surface area contributed by atoms with Gasteiger partial charge in [-0.1, -0.05) is 27.7 Å². The summed E-state index contributed by atoms with van der Waals surface area (Å²) in [5.74, 6) is 2.47. The second kappa shape index (κ2) is 9.76. The topological polar surface area (TPSA) is 54.5 Å². The van der Waals surface area contributed by atoms with Gasteiger partial charge in [-0.3, -0.25) is 9.78 Å². The van der Waals surface area contributed by atoms with E-state index in [-0.39, 0.29) is 11.8 Å². The number of pyridine rings is 1. The van der Waals surface area contributed by atoms with Crippen LogP contribution in [0.5, 0.6) is 5.75 Å². The Labute approximate surface area is 152 Å². The maximum Gasteiger partial charge on any atom is 0.224 e. The van der Waals surface area contributed by atoms with Crippen LogP contribution in [0.3, 0.4) is 0 Å². The van der Waals surface area contributed by atoms with Crippen LogP contribution in [0.25, 0.3) is 0 Å². The maximum atomic E-state index is 12.6. The zero-order valence-electron chi connectivity index (χ0n) is 16.1. The normalized spacial score (nSPS) is 21.5. The Kier molecular flexibility index (Phi) is 7.69. The molecule has 140 valence electrons. The number of hydrogen-bond acceptors (Lipinski definition) is 4. The predicted octanol–water partition coefficient (Wildman–Crippen LogP) is 2.83. The predicted molar refractivity (Wildman–Crippen MR) is 100 cm³/mol. The number of carbonyl (C=O) groups excluding carboxylic acids is 1. The van der Waals surface area contributed by atoms with Crippen LogP contribution in [0, 0.1) is 23.7 Å². The van der Waals surface area contributed by atoms with Gasteiger partial charge in [0.25, 0.3) is 0 Å². The number of piperidine rings is 1. The molecule has 0 saturated carbocycles. The van der Waals surface area contributed by atoms with Crippen molar-refractivity contribution in [1.29, 1.82) is 0 Å². The number of hydrogen-bond donors (Lipinski definition) is 1. The third kappa shape index (κ3) is 7.02. The third-order valence-corrected chi connectivity index (χ3v) is 4.41. The van der Waals surface area contributed by atoms with E-state index in [4.69, 9.17) is 4.74 Å². The van der Waals surface area contributed by atoms with Gasteiger partial charge < -0.3 is 15.0 Å². The Hall–Kier alpha value is -1.62. The van der Waals surface area contributed by atoms with Gasteiger partial charge in [-0.05, 0) is 30.4 Å². The van der Waals surface area contributed by atoms with Crippen molar-refractivity contribution in [2.45, 2.75) is 34.1 Å². The van der Waals surface area contributed by atoms with Gasteiger partial charge in [0.2, 0.25) is 5.91 Å². The van der Waals surface area contributed by atoms with Crippen LogP contribution in [0.1, 0.15) is 34.1 Å². The number of likely N-dealkylation sites (tertiary alicyclic amines) is 1. The van der Waals surface area contributed by atoms with Gasteiger partial charge in [-0.25, -0.2) is 0 Å². The summed E-state index contributed by atoms with van der Waals surface area (Å²) in [6.07, 6.45) is 4.37. The van der Waals surface area contributed by atoms with Crippen LogP contribution in [-0.2, 0) is 4.79 Å². The second-order valence-electron chi connectivity index (χ2n) is 8.05. The highest BCUT2D eigenvalue weighted by atomic mass is 16.5. The molecule has 5 nitrogen and oxygen atoms in total. The largest absolute Gasteiger partial charge is 0.492 e. The number of carbonyl (C=O) groups is 1. The molecule has 1 saturated heterocycles. The average molecular weight is 348 g/mol. The molecule has 25 heavy (non-hydrogen) atoms.